The Morgan fingerprint density at radius 1 is 1.60 bits per heavy atom. The van der Waals surface area contributed by atoms with Crippen molar-refractivity contribution in [1.82, 2.24) is 0 Å². The lowest BCUT2D eigenvalue weighted by molar-refractivity contribution is 1.50. The van der Waals surface area contributed by atoms with Crippen molar-refractivity contribution < 1.29 is 0 Å². The van der Waals surface area contributed by atoms with Crippen molar-refractivity contribution in [2.75, 3.05) is 0 Å². The largest absolute Gasteiger partial charge is 0.0928 e. The van der Waals surface area contributed by atoms with E-state index in [4.69, 9.17) is 0 Å². The summed E-state index contributed by atoms with van der Waals surface area (Å²) in [5.41, 5.74) is 0. The van der Waals surface area contributed by atoms with Gasteiger partial charge in [0, 0.05) is 5.92 Å². The van der Waals surface area contributed by atoms with Crippen LogP contribution in [0.15, 0.2) is 0 Å². The molecule has 0 aromatic rings. The fourth-order valence-corrected chi connectivity index (χ4v) is 0.426. The van der Waals surface area contributed by atoms with E-state index in [1.165, 1.54) is 18.8 Å². The molecular weight excluding hydrogens is 80.1 g/mol. The zero-order valence-electron chi connectivity index (χ0n) is 2.90. The molecular formula is C4H5S. The Kier molecular flexibility index (Phi) is 0.692. The summed E-state index contributed by atoms with van der Waals surface area (Å²) in [6.45, 7) is 0. The first-order valence-electron chi connectivity index (χ1n) is 1.73. The van der Waals surface area contributed by atoms with Crippen LogP contribution in [0.2, 0.25) is 0 Å². The van der Waals surface area contributed by atoms with E-state index in [0.717, 1.165) is 0 Å². The average Bonchev–Trinajstić information content (AvgIpc) is 2.12. The van der Waals surface area contributed by atoms with Gasteiger partial charge in [-0.15, -0.1) is 0 Å². The van der Waals surface area contributed by atoms with Crippen molar-refractivity contribution in [3.05, 3.63) is 5.92 Å². The number of hydrogen-bond acceptors (Lipinski definition) is 1. The smallest absolute Gasteiger partial charge is 0.00860 e. The molecule has 0 N–H and O–H groups in total. The van der Waals surface area contributed by atoms with E-state index >= 15 is 0 Å². The number of rotatable bonds is 1. The van der Waals surface area contributed by atoms with Gasteiger partial charge in [-0.2, -0.15) is 0 Å². The molecule has 5 heavy (non-hydrogen) atoms. The van der Waals surface area contributed by atoms with Crippen LogP contribution in [0.5, 0.6) is 0 Å². The molecule has 0 aromatic heterocycles. The van der Waals surface area contributed by atoms with E-state index in [1.807, 2.05) is 0 Å². The van der Waals surface area contributed by atoms with Crippen molar-refractivity contribution in [1.29, 1.82) is 0 Å². The summed E-state index contributed by atoms with van der Waals surface area (Å²) in [5.74, 6) is 1.44. The molecule has 0 aromatic carbocycles. The lowest BCUT2D eigenvalue weighted by atomic mass is 10.5. The Morgan fingerprint density at radius 3 is 2.20 bits per heavy atom. The van der Waals surface area contributed by atoms with Crippen LogP contribution in [0.25, 0.3) is 0 Å². The molecule has 0 heterocycles. The summed E-state index contributed by atoms with van der Waals surface area (Å²) in [5, 5.41) is 1.78. The zero-order valence-corrected chi connectivity index (χ0v) is 3.72. The summed E-state index contributed by atoms with van der Waals surface area (Å²) in [6.07, 6.45) is 2.53. The molecule has 1 aliphatic carbocycles. The van der Waals surface area contributed by atoms with Crippen LogP contribution in [0.4, 0.5) is 0 Å². The molecule has 0 aliphatic heterocycles. The first kappa shape index (κ1) is 3.29. The molecule has 1 fully saturated rings. The van der Waals surface area contributed by atoms with Gasteiger partial charge in [-0.25, -0.2) is 0 Å². The van der Waals surface area contributed by atoms with Crippen LogP contribution in [0, 0.1) is 5.92 Å². The maximum atomic E-state index is 4.58. The highest BCUT2D eigenvalue weighted by Gasteiger charge is 2.17. The highest BCUT2D eigenvalue weighted by atomic mass is 32.1. The standard InChI is InChI=1S/C4H5S/c5-3-4-1-2-4/h3H,1-2H2. The molecule has 0 unspecified atom stereocenters. The number of hydrogen-bond donors (Lipinski definition) is 0. The zero-order chi connectivity index (χ0) is 3.70. The number of thiocarbonyl (C=S) groups is 1. The Morgan fingerprint density at radius 2 is 2.20 bits per heavy atom. The van der Waals surface area contributed by atoms with Gasteiger partial charge in [0.25, 0.3) is 0 Å². The highest BCUT2D eigenvalue weighted by molar-refractivity contribution is 7.79. The third-order valence-electron chi connectivity index (χ3n) is 0.705. The summed E-state index contributed by atoms with van der Waals surface area (Å²) in [6, 6.07) is 0. The minimum absolute atomic E-state index is 1.27. The molecule has 0 atom stereocenters. The molecule has 1 aliphatic rings. The summed E-state index contributed by atoms with van der Waals surface area (Å²) in [4.78, 5) is 0. The molecule has 1 radical (unpaired) electrons. The van der Waals surface area contributed by atoms with E-state index < -0.39 is 0 Å². The van der Waals surface area contributed by atoms with Crippen LogP contribution >= 0.6 is 12.2 Å². The highest BCUT2D eigenvalue weighted by Crippen LogP contribution is 2.28. The molecule has 1 rings (SSSR count). The van der Waals surface area contributed by atoms with Gasteiger partial charge in [-0.1, -0.05) is 12.2 Å². The molecule has 0 bridgehead atoms. The van der Waals surface area contributed by atoms with Gasteiger partial charge in [-0.05, 0) is 18.2 Å². The van der Waals surface area contributed by atoms with Crippen LogP contribution < -0.4 is 0 Å². The molecule has 1 saturated carbocycles. The molecule has 27 valence electrons. The Hall–Kier alpha value is 0.0900. The van der Waals surface area contributed by atoms with Gasteiger partial charge in [0.2, 0.25) is 0 Å². The van der Waals surface area contributed by atoms with Crippen molar-refractivity contribution in [3.63, 3.8) is 0 Å². The van der Waals surface area contributed by atoms with Gasteiger partial charge in [0.1, 0.15) is 0 Å². The minimum Gasteiger partial charge on any atom is -0.0928 e. The molecule has 1 heteroatoms. The first-order chi connectivity index (χ1) is 2.43. The quantitative estimate of drug-likeness (QED) is 0.433. The van der Waals surface area contributed by atoms with Crippen molar-refractivity contribution >= 4 is 17.6 Å². The lowest BCUT2D eigenvalue weighted by Crippen LogP contribution is -1.58. The van der Waals surface area contributed by atoms with E-state index in [-0.39, 0.29) is 0 Å². The van der Waals surface area contributed by atoms with E-state index in [0.29, 0.717) is 0 Å². The van der Waals surface area contributed by atoms with E-state index in [1.54, 1.807) is 5.37 Å². The summed E-state index contributed by atoms with van der Waals surface area (Å²) >= 11 is 4.58. The van der Waals surface area contributed by atoms with E-state index in [9.17, 15) is 0 Å². The van der Waals surface area contributed by atoms with Crippen LogP contribution in [0.1, 0.15) is 12.8 Å². The first-order valence-corrected chi connectivity index (χ1v) is 2.20. The van der Waals surface area contributed by atoms with E-state index in [2.05, 4.69) is 12.2 Å². The fourth-order valence-electron chi connectivity index (χ4n) is 0.190. The Bertz CT molecular complexity index is 45.6. The molecule has 0 spiro atoms. The second-order valence-electron chi connectivity index (χ2n) is 1.28. The van der Waals surface area contributed by atoms with Crippen LogP contribution in [0.3, 0.4) is 0 Å². The van der Waals surface area contributed by atoms with Gasteiger partial charge in [-0.3, -0.25) is 0 Å². The van der Waals surface area contributed by atoms with Crippen molar-refractivity contribution in [3.8, 4) is 0 Å². The summed E-state index contributed by atoms with van der Waals surface area (Å²) < 4.78 is 0. The predicted molar refractivity (Wildman–Crippen MR) is 26.1 cm³/mol. The van der Waals surface area contributed by atoms with Gasteiger partial charge in [0.15, 0.2) is 0 Å². The third-order valence-corrected chi connectivity index (χ3v) is 1.04. The maximum absolute atomic E-state index is 4.58. The predicted octanol–water partition coefficient (Wildman–Crippen LogP) is 1.35. The topological polar surface area (TPSA) is 0 Å². The average molecular weight is 85.2 g/mol. The minimum atomic E-state index is 1.27. The Balaban J connectivity index is 2.21. The lowest BCUT2D eigenvalue weighted by Gasteiger charge is -1.59. The van der Waals surface area contributed by atoms with Crippen molar-refractivity contribution in [2.45, 2.75) is 12.8 Å². The van der Waals surface area contributed by atoms with Gasteiger partial charge in [0.05, 0.1) is 0 Å². The van der Waals surface area contributed by atoms with Gasteiger partial charge < -0.3 is 0 Å². The molecule has 0 amide bonds. The monoisotopic (exact) mass is 85.0 g/mol. The third kappa shape index (κ3) is 0.690. The normalized spacial score (nSPS) is 22.4. The second-order valence-corrected chi connectivity index (χ2v) is 1.51. The van der Waals surface area contributed by atoms with Crippen LogP contribution in [-0.4, -0.2) is 5.37 Å². The van der Waals surface area contributed by atoms with Crippen LogP contribution in [-0.2, 0) is 0 Å². The molecule has 0 saturated heterocycles. The fraction of sp³-hybridized carbons (Fsp3) is 0.500. The maximum Gasteiger partial charge on any atom is 0.00860 e. The Labute approximate surface area is 37.2 Å². The SMILES string of the molecule is S=C[C]1CC1. The van der Waals surface area contributed by atoms with Gasteiger partial charge >= 0.3 is 0 Å². The second kappa shape index (κ2) is 1.05. The summed E-state index contributed by atoms with van der Waals surface area (Å²) in [7, 11) is 0. The molecule has 0 nitrogen and oxygen atoms in total. The van der Waals surface area contributed by atoms with Crippen molar-refractivity contribution in [2.24, 2.45) is 0 Å².